The molecule has 1 fully saturated rings. The molecule has 9 heteroatoms. The van der Waals surface area contributed by atoms with Crippen LogP contribution < -0.4 is 10.6 Å². The van der Waals surface area contributed by atoms with E-state index < -0.39 is 11.2 Å². The molecule has 1 unspecified atom stereocenters. The summed E-state index contributed by atoms with van der Waals surface area (Å²) in [5, 5.41) is 21.7. The average Bonchev–Trinajstić information content (AvgIpc) is 2.87. The van der Waals surface area contributed by atoms with E-state index in [2.05, 4.69) is 20.8 Å². The fourth-order valence-corrected chi connectivity index (χ4v) is 2.98. The molecule has 1 heterocycles. The van der Waals surface area contributed by atoms with Gasteiger partial charge in [-0.3, -0.25) is 14.4 Å². The van der Waals surface area contributed by atoms with Gasteiger partial charge in [-0.2, -0.15) is 5.10 Å². The number of thioether (sulfide) groups is 1. The highest BCUT2D eigenvalue weighted by Crippen LogP contribution is 2.24. The van der Waals surface area contributed by atoms with E-state index in [1.54, 1.807) is 38.1 Å². The molecule has 1 saturated heterocycles. The van der Waals surface area contributed by atoms with Crippen molar-refractivity contribution in [1.82, 2.24) is 5.32 Å². The highest BCUT2D eigenvalue weighted by Gasteiger charge is 2.32. The van der Waals surface area contributed by atoms with E-state index in [-0.39, 0.29) is 24.7 Å². The van der Waals surface area contributed by atoms with Crippen LogP contribution in [0.4, 0.5) is 5.69 Å². The van der Waals surface area contributed by atoms with Gasteiger partial charge in [-0.15, -0.1) is 5.10 Å². The van der Waals surface area contributed by atoms with E-state index >= 15 is 0 Å². The Morgan fingerprint density at radius 1 is 1.32 bits per heavy atom. The zero-order valence-electron chi connectivity index (χ0n) is 13.8. The van der Waals surface area contributed by atoms with Crippen molar-refractivity contribution >= 4 is 46.1 Å². The Morgan fingerprint density at radius 3 is 2.72 bits per heavy atom. The summed E-state index contributed by atoms with van der Waals surface area (Å²) in [7, 11) is 0. The Kier molecular flexibility index (Phi) is 6.29. The maximum absolute atomic E-state index is 12.2. The molecule has 1 aromatic rings. The summed E-state index contributed by atoms with van der Waals surface area (Å²) in [6.45, 7) is 3.57. The number of hydrogen-bond donors (Lipinski definition) is 3. The number of nitrogens with zero attached hydrogens (tertiary/aromatic N) is 2. The van der Waals surface area contributed by atoms with Crippen molar-refractivity contribution in [3.05, 3.63) is 29.8 Å². The lowest BCUT2D eigenvalue weighted by atomic mass is 10.1. The van der Waals surface area contributed by atoms with Gasteiger partial charge in [0.15, 0.2) is 5.17 Å². The molecule has 1 aliphatic rings. The van der Waals surface area contributed by atoms with Gasteiger partial charge < -0.3 is 15.7 Å². The molecule has 1 atom stereocenters. The number of amides is 2. The number of anilines is 1. The molecule has 1 aromatic carbocycles. The van der Waals surface area contributed by atoms with E-state index in [1.807, 2.05) is 0 Å². The number of benzene rings is 1. The third kappa shape index (κ3) is 5.71. The summed E-state index contributed by atoms with van der Waals surface area (Å²) in [4.78, 5) is 35.0. The van der Waals surface area contributed by atoms with Gasteiger partial charge in [0.2, 0.25) is 11.8 Å². The number of aliphatic carboxylic acids is 1. The summed E-state index contributed by atoms with van der Waals surface area (Å²) in [5.74, 6) is -1.66. The molecule has 132 valence electrons. The van der Waals surface area contributed by atoms with Crippen molar-refractivity contribution in [1.29, 1.82) is 0 Å². The van der Waals surface area contributed by atoms with E-state index in [9.17, 15) is 14.4 Å². The monoisotopic (exact) mass is 362 g/mol. The van der Waals surface area contributed by atoms with Crippen LogP contribution in [0, 0.1) is 0 Å². The summed E-state index contributed by atoms with van der Waals surface area (Å²) in [6.07, 6.45) is -0.244. The molecule has 0 aromatic heterocycles. The molecule has 0 radical (unpaired) electrons. The maximum Gasteiger partial charge on any atom is 0.307 e. The smallest absolute Gasteiger partial charge is 0.307 e. The summed E-state index contributed by atoms with van der Waals surface area (Å²) in [6, 6.07) is 6.67. The lowest BCUT2D eigenvalue weighted by Gasteiger charge is -2.10. The van der Waals surface area contributed by atoms with Crippen LogP contribution in [-0.2, 0) is 20.8 Å². The van der Waals surface area contributed by atoms with Crippen molar-refractivity contribution in [2.24, 2.45) is 10.2 Å². The van der Waals surface area contributed by atoms with Crippen molar-refractivity contribution in [3.63, 3.8) is 0 Å². The standard InChI is InChI=1S/C16H18N4O4S/c1-9(2)19-20-16-18-15(24)12(25-16)8-13(21)17-11-6-4-3-5-10(11)7-14(22)23/h3-6,12H,7-8H2,1-2H3,(H,17,21)(H,22,23)(H,18,20,24). The fraction of sp³-hybridized carbons (Fsp3) is 0.312. The molecule has 1 aliphatic heterocycles. The van der Waals surface area contributed by atoms with E-state index in [0.29, 0.717) is 16.4 Å². The second-order valence-corrected chi connectivity index (χ2v) is 6.72. The van der Waals surface area contributed by atoms with E-state index in [1.165, 1.54) is 0 Å². The molecule has 3 N–H and O–H groups in total. The van der Waals surface area contributed by atoms with Gasteiger partial charge in [-0.25, -0.2) is 0 Å². The molecule has 0 aliphatic carbocycles. The molecule has 0 saturated carbocycles. The van der Waals surface area contributed by atoms with Crippen LogP contribution in [0.3, 0.4) is 0 Å². The predicted molar refractivity (Wildman–Crippen MR) is 96.8 cm³/mol. The number of carboxylic acids is 1. The average molecular weight is 362 g/mol. The van der Waals surface area contributed by atoms with Crippen LogP contribution in [0.2, 0.25) is 0 Å². The number of para-hydroxylation sites is 1. The van der Waals surface area contributed by atoms with Crippen molar-refractivity contribution < 1.29 is 19.5 Å². The number of hydrogen-bond acceptors (Lipinski definition) is 6. The minimum Gasteiger partial charge on any atom is -0.481 e. The molecule has 0 bridgehead atoms. The highest BCUT2D eigenvalue weighted by atomic mass is 32.2. The van der Waals surface area contributed by atoms with Crippen LogP contribution in [0.15, 0.2) is 34.5 Å². The molecule has 2 rings (SSSR count). The second-order valence-electron chi connectivity index (χ2n) is 5.53. The summed E-state index contributed by atoms with van der Waals surface area (Å²) < 4.78 is 0. The minimum absolute atomic E-state index is 0.0499. The Bertz CT molecular complexity index is 756. The van der Waals surface area contributed by atoms with E-state index in [0.717, 1.165) is 17.5 Å². The first-order valence-corrected chi connectivity index (χ1v) is 8.39. The Morgan fingerprint density at radius 2 is 2.04 bits per heavy atom. The zero-order valence-corrected chi connectivity index (χ0v) is 14.6. The molecule has 0 spiro atoms. The third-order valence-electron chi connectivity index (χ3n) is 3.12. The highest BCUT2D eigenvalue weighted by molar-refractivity contribution is 8.15. The van der Waals surface area contributed by atoms with Gasteiger partial charge in [0.25, 0.3) is 0 Å². The number of carboxylic acid groups (broad SMARTS) is 1. The number of amidine groups is 1. The van der Waals surface area contributed by atoms with Gasteiger partial charge >= 0.3 is 5.97 Å². The maximum atomic E-state index is 12.2. The van der Waals surface area contributed by atoms with Crippen molar-refractivity contribution in [2.45, 2.75) is 31.9 Å². The third-order valence-corrected chi connectivity index (χ3v) is 4.19. The molecular formula is C16H18N4O4S. The van der Waals surface area contributed by atoms with Gasteiger partial charge in [0, 0.05) is 17.8 Å². The number of nitrogens with one attached hydrogen (secondary N) is 2. The SMILES string of the molecule is CC(C)=N/N=C1\NC(=O)C(CC(=O)Nc2ccccc2CC(=O)O)S1. The van der Waals surface area contributed by atoms with Crippen molar-refractivity contribution in [3.8, 4) is 0 Å². The van der Waals surface area contributed by atoms with Crippen LogP contribution in [0.1, 0.15) is 25.8 Å². The fourth-order valence-electron chi connectivity index (χ4n) is 2.06. The molecule has 2 amide bonds. The topological polar surface area (TPSA) is 120 Å². The second kappa shape index (κ2) is 8.43. The van der Waals surface area contributed by atoms with Crippen LogP contribution in [-0.4, -0.2) is 39.0 Å². The quantitative estimate of drug-likeness (QED) is 0.525. The van der Waals surface area contributed by atoms with Crippen LogP contribution >= 0.6 is 11.8 Å². The Labute approximate surface area is 148 Å². The first-order valence-electron chi connectivity index (χ1n) is 7.51. The van der Waals surface area contributed by atoms with Gasteiger partial charge in [-0.1, -0.05) is 30.0 Å². The molecular weight excluding hydrogens is 344 g/mol. The number of rotatable bonds is 6. The normalized spacial score (nSPS) is 17.9. The van der Waals surface area contributed by atoms with Crippen LogP contribution in [0.25, 0.3) is 0 Å². The van der Waals surface area contributed by atoms with Crippen LogP contribution in [0.5, 0.6) is 0 Å². The summed E-state index contributed by atoms with van der Waals surface area (Å²) >= 11 is 1.14. The number of carbonyl (C=O) groups is 3. The largest absolute Gasteiger partial charge is 0.481 e. The molecule has 8 nitrogen and oxygen atoms in total. The predicted octanol–water partition coefficient (Wildman–Crippen LogP) is 1.63. The lowest BCUT2D eigenvalue weighted by Crippen LogP contribution is -2.28. The Balaban J connectivity index is 1.99. The zero-order chi connectivity index (χ0) is 18.4. The van der Waals surface area contributed by atoms with Gasteiger partial charge in [0.05, 0.1) is 6.42 Å². The van der Waals surface area contributed by atoms with Crippen molar-refractivity contribution in [2.75, 3.05) is 5.32 Å². The summed E-state index contributed by atoms with van der Waals surface area (Å²) in [5.41, 5.74) is 1.68. The number of carbonyl (C=O) groups excluding carboxylic acids is 2. The first-order chi connectivity index (χ1) is 11.8. The van der Waals surface area contributed by atoms with Gasteiger partial charge in [0.1, 0.15) is 5.25 Å². The molecule has 25 heavy (non-hydrogen) atoms. The minimum atomic E-state index is -0.986. The first kappa shape index (κ1) is 18.7. The Hall–Kier alpha value is -2.68. The lowest BCUT2D eigenvalue weighted by molar-refractivity contribution is -0.136. The van der Waals surface area contributed by atoms with E-state index in [4.69, 9.17) is 5.11 Å². The van der Waals surface area contributed by atoms with Gasteiger partial charge in [-0.05, 0) is 25.5 Å².